The van der Waals surface area contributed by atoms with E-state index in [0.717, 1.165) is 5.69 Å². The van der Waals surface area contributed by atoms with Gasteiger partial charge in [0.2, 0.25) is 0 Å². The zero-order chi connectivity index (χ0) is 17.0. The van der Waals surface area contributed by atoms with Crippen molar-refractivity contribution in [3.63, 3.8) is 0 Å². The fourth-order valence-electron chi connectivity index (χ4n) is 2.07. The topological polar surface area (TPSA) is 71.8 Å². The summed E-state index contributed by atoms with van der Waals surface area (Å²) in [6, 6.07) is 7.34. The van der Waals surface area contributed by atoms with E-state index in [1.165, 1.54) is 4.90 Å². The van der Waals surface area contributed by atoms with Crippen LogP contribution in [0.5, 0.6) is 0 Å². The Bertz CT molecular complexity index is 660. The highest BCUT2D eigenvalue weighted by molar-refractivity contribution is 8.00. The SMILES string of the molecule is CC(NC(=O)Nc1ccc(SC(C)(C)C)cc1)c1nncn1C. The van der Waals surface area contributed by atoms with Crippen LogP contribution in [0.25, 0.3) is 0 Å². The second-order valence-electron chi connectivity index (χ2n) is 6.36. The Labute approximate surface area is 141 Å². The Morgan fingerprint density at radius 3 is 2.43 bits per heavy atom. The van der Waals surface area contributed by atoms with Gasteiger partial charge in [0.05, 0.1) is 6.04 Å². The third-order valence-electron chi connectivity index (χ3n) is 3.02. The van der Waals surface area contributed by atoms with Gasteiger partial charge in [0.1, 0.15) is 6.33 Å². The minimum Gasteiger partial charge on any atom is -0.328 e. The van der Waals surface area contributed by atoms with E-state index in [2.05, 4.69) is 41.6 Å². The summed E-state index contributed by atoms with van der Waals surface area (Å²) in [5, 5.41) is 13.5. The number of benzene rings is 1. The molecule has 2 N–H and O–H groups in total. The highest BCUT2D eigenvalue weighted by Gasteiger charge is 2.15. The zero-order valence-corrected chi connectivity index (χ0v) is 14.9. The Hall–Kier alpha value is -2.02. The molecule has 0 fully saturated rings. The maximum absolute atomic E-state index is 12.1. The number of amides is 2. The summed E-state index contributed by atoms with van der Waals surface area (Å²) in [6.07, 6.45) is 1.61. The van der Waals surface area contributed by atoms with Crippen LogP contribution >= 0.6 is 11.8 Å². The number of hydrogen-bond donors (Lipinski definition) is 2. The zero-order valence-electron chi connectivity index (χ0n) is 14.1. The highest BCUT2D eigenvalue weighted by atomic mass is 32.2. The molecule has 1 heterocycles. The first-order valence-corrected chi connectivity index (χ1v) is 8.27. The Kier molecular flexibility index (Phi) is 5.30. The molecule has 0 spiro atoms. The molecule has 1 aromatic heterocycles. The van der Waals surface area contributed by atoms with Gasteiger partial charge < -0.3 is 15.2 Å². The van der Waals surface area contributed by atoms with Gasteiger partial charge in [0, 0.05) is 22.4 Å². The van der Waals surface area contributed by atoms with Gasteiger partial charge in [-0.05, 0) is 31.2 Å². The predicted molar refractivity (Wildman–Crippen MR) is 93.6 cm³/mol. The van der Waals surface area contributed by atoms with Crippen LogP contribution in [0.15, 0.2) is 35.5 Å². The van der Waals surface area contributed by atoms with Gasteiger partial charge in [-0.15, -0.1) is 22.0 Å². The summed E-state index contributed by atoms with van der Waals surface area (Å²) < 4.78 is 1.95. The number of carbonyl (C=O) groups excluding carboxylic acids is 1. The molecular formula is C16H23N5OS. The first-order valence-electron chi connectivity index (χ1n) is 7.45. The van der Waals surface area contributed by atoms with Crippen molar-refractivity contribution < 1.29 is 4.79 Å². The van der Waals surface area contributed by atoms with Crippen molar-refractivity contribution in [1.82, 2.24) is 20.1 Å². The number of anilines is 1. The average molecular weight is 333 g/mol. The second-order valence-corrected chi connectivity index (χ2v) is 8.26. The van der Waals surface area contributed by atoms with E-state index < -0.39 is 0 Å². The van der Waals surface area contributed by atoms with E-state index in [1.807, 2.05) is 38.2 Å². The monoisotopic (exact) mass is 333 g/mol. The molecule has 23 heavy (non-hydrogen) atoms. The molecule has 124 valence electrons. The quantitative estimate of drug-likeness (QED) is 0.839. The van der Waals surface area contributed by atoms with Crippen LogP contribution in [0.2, 0.25) is 0 Å². The molecule has 0 saturated carbocycles. The van der Waals surface area contributed by atoms with E-state index in [0.29, 0.717) is 5.82 Å². The van der Waals surface area contributed by atoms with Crippen LogP contribution in [0.1, 0.15) is 39.6 Å². The number of aryl methyl sites for hydroxylation is 1. The number of thioether (sulfide) groups is 1. The van der Waals surface area contributed by atoms with Crippen molar-refractivity contribution in [3.05, 3.63) is 36.4 Å². The number of nitrogens with zero attached hydrogens (tertiary/aromatic N) is 3. The van der Waals surface area contributed by atoms with Gasteiger partial charge in [-0.2, -0.15) is 0 Å². The molecule has 0 radical (unpaired) electrons. The summed E-state index contributed by atoms with van der Waals surface area (Å²) in [6.45, 7) is 8.38. The molecule has 0 bridgehead atoms. The van der Waals surface area contributed by atoms with E-state index in [-0.39, 0.29) is 16.8 Å². The first kappa shape index (κ1) is 17.3. The Balaban J connectivity index is 1.91. The van der Waals surface area contributed by atoms with Crippen molar-refractivity contribution in [1.29, 1.82) is 0 Å². The average Bonchev–Trinajstić information content (AvgIpc) is 2.85. The number of nitrogens with one attached hydrogen (secondary N) is 2. The molecule has 7 heteroatoms. The Morgan fingerprint density at radius 2 is 1.91 bits per heavy atom. The number of hydrogen-bond acceptors (Lipinski definition) is 4. The lowest BCUT2D eigenvalue weighted by Gasteiger charge is -2.18. The van der Waals surface area contributed by atoms with E-state index in [1.54, 1.807) is 22.7 Å². The van der Waals surface area contributed by atoms with Crippen LogP contribution in [0.3, 0.4) is 0 Å². The number of urea groups is 1. The largest absolute Gasteiger partial charge is 0.328 e. The van der Waals surface area contributed by atoms with Gasteiger partial charge in [-0.3, -0.25) is 0 Å². The first-order chi connectivity index (χ1) is 10.7. The van der Waals surface area contributed by atoms with Crippen LogP contribution < -0.4 is 10.6 Å². The second kappa shape index (κ2) is 7.04. The summed E-state index contributed by atoms with van der Waals surface area (Å²) in [5.41, 5.74) is 0.755. The van der Waals surface area contributed by atoms with Gasteiger partial charge in [0.15, 0.2) is 5.82 Å². The lowest BCUT2D eigenvalue weighted by molar-refractivity contribution is 0.248. The molecule has 0 saturated heterocycles. The minimum absolute atomic E-state index is 0.165. The molecule has 1 aromatic carbocycles. The third-order valence-corrected chi connectivity index (χ3v) is 4.14. The van der Waals surface area contributed by atoms with Crippen LogP contribution in [-0.4, -0.2) is 25.5 Å². The molecule has 2 rings (SSSR count). The number of rotatable bonds is 4. The van der Waals surface area contributed by atoms with Crippen LogP contribution in [0.4, 0.5) is 10.5 Å². The van der Waals surface area contributed by atoms with Gasteiger partial charge >= 0.3 is 6.03 Å². The van der Waals surface area contributed by atoms with Crippen molar-refractivity contribution in [2.75, 3.05) is 5.32 Å². The fourth-order valence-corrected chi connectivity index (χ4v) is 3.05. The summed E-state index contributed by atoms with van der Waals surface area (Å²) in [7, 11) is 1.84. The maximum Gasteiger partial charge on any atom is 0.319 e. The smallest absolute Gasteiger partial charge is 0.319 e. The molecule has 2 amide bonds. The minimum atomic E-state index is -0.267. The van der Waals surface area contributed by atoms with E-state index in [4.69, 9.17) is 0 Å². The molecule has 0 aliphatic carbocycles. The fraction of sp³-hybridized carbons (Fsp3) is 0.438. The Morgan fingerprint density at radius 1 is 1.26 bits per heavy atom. The summed E-state index contributed by atoms with van der Waals surface area (Å²) in [4.78, 5) is 13.2. The lowest BCUT2D eigenvalue weighted by Crippen LogP contribution is -2.32. The molecule has 0 aliphatic rings. The van der Waals surface area contributed by atoms with Crippen LogP contribution in [0, 0.1) is 0 Å². The van der Waals surface area contributed by atoms with E-state index >= 15 is 0 Å². The van der Waals surface area contributed by atoms with Crippen molar-refractivity contribution in [2.45, 2.75) is 43.4 Å². The van der Waals surface area contributed by atoms with Crippen molar-refractivity contribution in [2.24, 2.45) is 7.05 Å². The van der Waals surface area contributed by atoms with Gasteiger partial charge in [-0.1, -0.05) is 20.8 Å². The lowest BCUT2D eigenvalue weighted by atomic mass is 10.3. The summed E-state index contributed by atoms with van der Waals surface area (Å²) in [5.74, 6) is 0.706. The molecule has 1 atom stereocenters. The maximum atomic E-state index is 12.1. The van der Waals surface area contributed by atoms with Gasteiger partial charge in [0.25, 0.3) is 0 Å². The van der Waals surface area contributed by atoms with Gasteiger partial charge in [-0.25, -0.2) is 4.79 Å². The molecular weight excluding hydrogens is 310 g/mol. The van der Waals surface area contributed by atoms with E-state index in [9.17, 15) is 4.79 Å². The molecule has 2 aromatic rings. The molecule has 1 unspecified atom stereocenters. The standard InChI is InChI=1S/C16H23N5OS/c1-11(14-20-17-10-21(14)5)18-15(22)19-12-6-8-13(9-7-12)23-16(2,3)4/h6-11H,1-5H3,(H2,18,19,22). The normalized spacial score (nSPS) is 12.7. The number of aromatic nitrogens is 3. The van der Waals surface area contributed by atoms with Crippen LogP contribution in [-0.2, 0) is 7.05 Å². The molecule has 6 nitrogen and oxygen atoms in total. The number of carbonyl (C=O) groups is 1. The summed E-state index contributed by atoms with van der Waals surface area (Å²) >= 11 is 1.79. The third kappa shape index (κ3) is 5.28. The van der Waals surface area contributed by atoms with Crippen molar-refractivity contribution in [3.8, 4) is 0 Å². The molecule has 0 aliphatic heterocycles. The van der Waals surface area contributed by atoms with Crippen molar-refractivity contribution >= 4 is 23.5 Å². The predicted octanol–water partition coefficient (Wildman–Crippen LogP) is 3.59. The highest BCUT2D eigenvalue weighted by Crippen LogP contribution is 2.32.